The van der Waals surface area contributed by atoms with Crippen molar-refractivity contribution in [1.29, 1.82) is 0 Å². The highest BCUT2D eigenvalue weighted by atomic mass is 16.5. The third kappa shape index (κ3) is 5.53. The van der Waals surface area contributed by atoms with E-state index in [0.717, 1.165) is 56.3 Å². The first-order valence-electron chi connectivity index (χ1n) is 14.3. The number of amides is 2. The largest absolute Gasteiger partial charge is 0.550 e. The van der Waals surface area contributed by atoms with Gasteiger partial charge in [0, 0.05) is 38.1 Å². The molecule has 8 atom stereocenters. The molecule has 0 aromatic rings. The Bertz CT molecular complexity index is 973. The van der Waals surface area contributed by atoms with Gasteiger partial charge in [-0.25, -0.2) is 0 Å². The molecule has 6 aliphatic heterocycles. The first-order valence-corrected chi connectivity index (χ1v) is 14.3. The van der Waals surface area contributed by atoms with E-state index < -0.39 is 35.6 Å². The molecule has 12 heteroatoms. The Morgan fingerprint density at radius 1 is 0.692 bits per heavy atom. The Morgan fingerprint density at radius 2 is 1.10 bits per heavy atom. The number of carboxylic acid groups (broad SMARTS) is 2. The number of likely N-dealkylation sites (N-methyl/N-ethyl adjacent to an activating group) is 2. The zero-order valence-electron chi connectivity index (χ0n) is 23.2. The van der Waals surface area contributed by atoms with Crippen molar-refractivity contribution >= 4 is 23.8 Å². The summed E-state index contributed by atoms with van der Waals surface area (Å²) in [5, 5.41) is 20.7. The maximum Gasteiger partial charge on any atom is 0.310 e. The van der Waals surface area contributed by atoms with Gasteiger partial charge in [-0.05, 0) is 32.7 Å². The monoisotopic (exact) mass is 550 g/mol. The van der Waals surface area contributed by atoms with E-state index >= 15 is 0 Å². The lowest BCUT2D eigenvalue weighted by molar-refractivity contribution is -0.894. The highest BCUT2D eigenvalue weighted by Crippen LogP contribution is 2.45. The summed E-state index contributed by atoms with van der Waals surface area (Å²) in [7, 11) is 6.32. The Kier molecular flexibility index (Phi) is 7.93. The van der Waals surface area contributed by atoms with E-state index in [-0.39, 0.29) is 36.2 Å². The lowest BCUT2D eigenvalue weighted by Gasteiger charge is -2.41. The number of hydrogen-bond acceptors (Lipinski definition) is 8. The SMILES string of the molecule is CN1CCN(C(=O)C2C(C(=O)O)[C@H]3CC[C@@H]2O3)CC1.C[N+]1(C)CCN(C(=O)C2C(C(=O)[O-])[C@H]3CC[C@@H]2O3)CC1. The quantitative estimate of drug-likeness (QED) is 0.397. The molecule has 6 fully saturated rings. The molecule has 0 aromatic heterocycles. The number of carboxylic acids is 2. The number of quaternary nitrogens is 1. The third-order valence-electron chi connectivity index (χ3n) is 9.75. The second-order valence-electron chi connectivity index (χ2n) is 12.7. The van der Waals surface area contributed by atoms with Crippen LogP contribution in [0.15, 0.2) is 0 Å². The molecule has 0 radical (unpaired) electrons. The molecule has 6 heterocycles. The van der Waals surface area contributed by atoms with Crippen molar-refractivity contribution in [2.24, 2.45) is 23.7 Å². The van der Waals surface area contributed by atoms with Crippen LogP contribution in [0.5, 0.6) is 0 Å². The third-order valence-corrected chi connectivity index (χ3v) is 9.75. The van der Waals surface area contributed by atoms with Crippen molar-refractivity contribution in [3.8, 4) is 0 Å². The molecule has 2 amide bonds. The molecule has 6 rings (SSSR count). The molecular formula is C27H42N4O8. The topological polar surface area (TPSA) is 140 Å². The lowest BCUT2D eigenvalue weighted by Crippen LogP contribution is -2.58. The van der Waals surface area contributed by atoms with Crippen LogP contribution >= 0.6 is 0 Å². The van der Waals surface area contributed by atoms with Crippen LogP contribution in [-0.4, -0.2) is 146 Å². The number of fused-ring (bicyclic) bond motifs is 4. The average molecular weight is 551 g/mol. The van der Waals surface area contributed by atoms with Crippen LogP contribution < -0.4 is 5.11 Å². The minimum absolute atomic E-state index is 0.0206. The molecule has 6 saturated heterocycles. The molecule has 12 nitrogen and oxygen atoms in total. The first kappa shape index (κ1) is 28.3. The van der Waals surface area contributed by atoms with E-state index in [2.05, 4.69) is 19.0 Å². The van der Waals surface area contributed by atoms with E-state index in [1.165, 1.54) is 0 Å². The Balaban J connectivity index is 0.000000158. The van der Waals surface area contributed by atoms with Crippen LogP contribution in [0.1, 0.15) is 25.7 Å². The van der Waals surface area contributed by atoms with Gasteiger partial charge >= 0.3 is 5.97 Å². The predicted molar refractivity (Wildman–Crippen MR) is 135 cm³/mol. The number of hydrogen-bond donors (Lipinski definition) is 1. The minimum atomic E-state index is -1.14. The number of carbonyl (C=O) groups excluding carboxylic acids is 3. The number of carbonyl (C=O) groups is 4. The normalized spacial score (nSPS) is 38.8. The van der Waals surface area contributed by atoms with Crippen LogP contribution in [0.2, 0.25) is 0 Å². The standard InChI is InChI=1S/C14H22N2O4.C13H20N2O4/c1-16(2)7-5-15(6-8-16)13(17)11-9-3-4-10(20-9)12(11)14(18)19;1-14-4-6-15(7-5-14)12(16)10-8-2-3-9(19-8)11(10)13(17)18/h9-12H,3-8H2,1-2H3;8-11H,2-7H2,1H3,(H,17,18)/t9-,10+,11?,12?;8-,9+,10?,11?/m00/s1. The van der Waals surface area contributed by atoms with Crippen molar-refractivity contribution in [1.82, 2.24) is 14.7 Å². The molecule has 6 aliphatic rings. The second kappa shape index (κ2) is 10.9. The van der Waals surface area contributed by atoms with Crippen LogP contribution in [0.4, 0.5) is 0 Å². The molecular weight excluding hydrogens is 508 g/mol. The van der Waals surface area contributed by atoms with Crippen molar-refractivity contribution < 1.29 is 43.3 Å². The summed E-state index contributed by atoms with van der Waals surface area (Å²) in [6, 6.07) is 0. The summed E-state index contributed by atoms with van der Waals surface area (Å²) in [5.41, 5.74) is 0. The van der Waals surface area contributed by atoms with Crippen LogP contribution in [0, 0.1) is 23.7 Å². The second-order valence-corrected chi connectivity index (χ2v) is 12.7. The number of nitrogens with zero attached hydrogens (tertiary/aromatic N) is 4. The maximum atomic E-state index is 12.7. The van der Waals surface area contributed by atoms with Gasteiger partial charge in [0.1, 0.15) is 0 Å². The van der Waals surface area contributed by atoms with E-state index in [0.29, 0.717) is 26.2 Å². The number of aliphatic carboxylic acids is 2. The Labute approximate surface area is 229 Å². The smallest absolute Gasteiger partial charge is 0.310 e. The summed E-state index contributed by atoms with van der Waals surface area (Å²) < 4.78 is 12.2. The van der Waals surface area contributed by atoms with Crippen molar-refractivity contribution in [2.45, 2.75) is 50.1 Å². The van der Waals surface area contributed by atoms with Crippen LogP contribution in [-0.2, 0) is 28.7 Å². The van der Waals surface area contributed by atoms with E-state index in [9.17, 15) is 29.4 Å². The van der Waals surface area contributed by atoms with Gasteiger partial charge in [-0.15, -0.1) is 0 Å². The van der Waals surface area contributed by atoms with Gasteiger partial charge in [0.25, 0.3) is 0 Å². The summed E-state index contributed by atoms with van der Waals surface area (Å²) in [6.45, 7) is 6.28. The number of ether oxygens (including phenoxy) is 2. The zero-order valence-corrected chi connectivity index (χ0v) is 23.2. The predicted octanol–water partition coefficient (Wildman–Crippen LogP) is -1.91. The van der Waals surface area contributed by atoms with E-state index in [4.69, 9.17) is 9.47 Å². The summed E-state index contributed by atoms with van der Waals surface area (Å²) in [5.74, 6) is -4.51. The summed E-state index contributed by atoms with van der Waals surface area (Å²) in [6.07, 6.45) is 2.13. The zero-order chi connectivity index (χ0) is 28.1. The average Bonchev–Trinajstić information content (AvgIpc) is 3.69. The van der Waals surface area contributed by atoms with Gasteiger partial charge in [-0.3, -0.25) is 14.4 Å². The summed E-state index contributed by atoms with van der Waals surface area (Å²) in [4.78, 5) is 53.7. The van der Waals surface area contributed by atoms with Crippen LogP contribution in [0.25, 0.3) is 0 Å². The number of piperazine rings is 2. The highest BCUT2D eigenvalue weighted by molar-refractivity contribution is 5.87. The number of rotatable bonds is 4. The molecule has 4 unspecified atom stereocenters. The van der Waals surface area contributed by atoms with Gasteiger partial charge in [-0.2, -0.15) is 0 Å². The fourth-order valence-corrected chi connectivity index (χ4v) is 7.27. The van der Waals surface area contributed by atoms with Gasteiger partial charge in [0.2, 0.25) is 11.8 Å². The van der Waals surface area contributed by atoms with Crippen molar-refractivity contribution in [3.05, 3.63) is 0 Å². The molecule has 1 N–H and O–H groups in total. The summed E-state index contributed by atoms with van der Waals surface area (Å²) >= 11 is 0. The maximum absolute atomic E-state index is 12.7. The Morgan fingerprint density at radius 3 is 1.56 bits per heavy atom. The van der Waals surface area contributed by atoms with Crippen molar-refractivity contribution in [2.75, 3.05) is 73.5 Å². The van der Waals surface area contributed by atoms with Crippen LogP contribution in [0.3, 0.4) is 0 Å². The van der Waals surface area contributed by atoms with E-state index in [1.54, 1.807) is 0 Å². The minimum Gasteiger partial charge on any atom is -0.550 e. The van der Waals surface area contributed by atoms with E-state index in [1.807, 2.05) is 16.8 Å². The lowest BCUT2D eigenvalue weighted by atomic mass is 9.78. The van der Waals surface area contributed by atoms with Gasteiger partial charge in [0.05, 0.1) is 82.4 Å². The van der Waals surface area contributed by atoms with Gasteiger partial charge in [-0.1, -0.05) is 0 Å². The molecule has 39 heavy (non-hydrogen) atoms. The first-order chi connectivity index (χ1) is 18.5. The Hall–Kier alpha value is -2.28. The molecule has 0 aliphatic carbocycles. The molecule has 218 valence electrons. The van der Waals surface area contributed by atoms with Gasteiger partial charge < -0.3 is 43.7 Å². The van der Waals surface area contributed by atoms with Gasteiger partial charge in [0.15, 0.2) is 0 Å². The fourth-order valence-electron chi connectivity index (χ4n) is 7.27. The molecule has 0 aromatic carbocycles. The van der Waals surface area contributed by atoms with Crippen molar-refractivity contribution in [3.63, 3.8) is 0 Å². The molecule has 4 bridgehead atoms. The highest BCUT2D eigenvalue weighted by Gasteiger charge is 2.57. The molecule has 0 spiro atoms. The molecule has 0 saturated carbocycles. The fraction of sp³-hybridized carbons (Fsp3) is 0.852.